The molecule has 0 radical (unpaired) electrons. The Kier molecular flexibility index (Phi) is 4.79. The SMILES string of the molecule is COc1cc(Cc2cccc3nc(Nc4ccc(C(F)(F)F)cc4)nn23)ccn1. The highest BCUT2D eigenvalue weighted by Crippen LogP contribution is 2.30. The topological polar surface area (TPSA) is 64.3 Å². The van der Waals surface area contributed by atoms with E-state index in [1.807, 2.05) is 30.3 Å². The van der Waals surface area contributed by atoms with Crippen molar-refractivity contribution in [3.05, 3.63) is 77.6 Å². The minimum Gasteiger partial charge on any atom is -0.481 e. The lowest BCUT2D eigenvalue weighted by Crippen LogP contribution is -2.04. The van der Waals surface area contributed by atoms with Crippen molar-refractivity contribution in [1.29, 1.82) is 0 Å². The fraction of sp³-hybridized carbons (Fsp3) is 0.150. The molecule has 3 heterocycles. The minimum atomic E-state index is -4.37. The molecule has 9 heteroatoms. The molecule has 148 valence electrons. The maximum atomic E-state index is 12.7. The smallest absolute Gasteiger partial charge is 0.416 e. The Bertz CT molecular complexity index is 1140. The molecule has 0 fully saturated rings. The number of hydrogen-bond acceptors (Lipinski definition) is 5. The number of hydrogen-bond donors (Lipinski definition) is 1. The summed E-state index contributed by atoms with van der Waals surface area (Å²) in [4.78, 5) is 8.49. The number of methoxy groups -OCH3 is 1. The van der Waals surface area contributed by atoms with E-state index >= 15 is 0 Å². The summed E-state index contributed by atoms with van der Waals surface area (Å²) < 4.78 is 44.9. The molecule has 0 spiro atoms. The number of nitrogens with one attached hydrogen (secondary N) is 1. The van der Waals surface area contributed by atoms with Crippen LogP contribution in [0.3, 0.4) is 0 Å². The van der Waals surface area contributed by atoms with Gasteiger partial charge in [-0.05, 0) is 48.0 Å². The molecule has 29 heavy (non-hydrogen) atoms. The van der Waals surface area contributed by atoms with E-state index in [0.717, 1.165) is 23.4 Å². The van der Waals surface area contributed by atoms with E-state index in [-0.39, 0.29) is 0 Å². The van der Waals surface area contributed by atoms with Gasteiger partial charge in [-0.25, -0.2) is 9.50 Å². The molecule has 0 saturated heterocycles. The number of pyridine rings is 2. The zero-order chi connectivity index (χ0) is 20.4. The Morgan fingerprint density at radius 2 is 1.86 bits per heavy atom. The van der Waals surface area contributed by atoms with Crippen LogP contribution in [0, 0.1) is 0 Å². The van der Waals surface area contributed by atoms with Crippen LogP contribution >= 0.6 is 0 Å². The largest absolute Gasteiger partial charge is 0.481 e. The van der Waals surface area contributed by atoms with Gasteiger partial charge in [0.15, 0.2) is 5.65 Å². The number of aromatic nitrogens is 4. The van der Waals surface area contributed by atoms with Gasteiger partial charge in [0, 0.05) is 30.1 Å². The first-order valence-corrected chi connectivity index (χ1v) is 8.70. The van der Waals surface area contributed by atoms with Crippen LogP contribution < -0.4 is 10.1 Å². The molecule has 0 aliphatic carbocycles. The van der Waals surface area contributed by atoms with E-state index < -0.39 is 11.7 Å². The van der Waals surface area contributed by atoms with Gasteiger partial charge < -0.3 is 10.1 Å². The Hall–Kier alpha value is -3.62. The summed E-state index contributed by atoms with van der Waals surface area (Å²) in [6.45, 7) is 0. The number of fused-ring (bicyclic) bond motifs is 1. The third kappa shape index (κ3) is 4.13. The van der Waals surface area contributed by atoms with Crippen molar-refractivity contribution in [2.24, 2.45) is 0 Å². The van der Waals surface area contributed by atoms with Crippen molar-refractivity contribution in [3.8, 4) is 5.88 Å². The van der Waals surface area contributed by atoms with E-state index in [0.29, 0.717) is 29.6 Å². The van der Waals surface area contributed by atoms with Crippen LogP contribution in [0.2, 0.25) is 0 Å². The van der Waals surface area contributed by atoms with Gasteiger partial charge in [0.2, 0.25) is 11.8 Å². The van der Waals surface area contributed by atoms with Crippen LogP contribution in [0.5, 0.6) is 5.88 Å². The molecule has 0 aliphatic heterocycles. The van der Waals surface area contributed by atoms with Crippen LogP contribution in [-0.2, 0) is 12.6 Å². The Balaban J connectivity index is 1.59. The molecule has 1 aromatic carbocycles. The van der Waals surface area contributed by atoms with E-state index in [9.17, 15) is 13.2 Å². The molecule has 3 aromatic heterocycles. The summed E-state index contributed by atoms with van der Waals surface area (Å²) in [7, 11) is 1.56. The first-order chi connectivity index (χ1) is 13.9. The number of rotatable bonds is 5. The highest BCUT2D eigenvalue weighted by Gasteiger charge is 2.29. The van der Waals surface area contributed by atoms with Gasteiger partial charge in [-0.1, -0.05) is 6.07 Å². The monoisotopic (exact) mass is 399 g/mol. The summed E-state index contributed by atoms with van der Waals surface area (Å²) in [6, 6.07) is 14.1. The zero-order valence-corrected chi connectivity index (χ0v) is 15.3. The second kappa shape index (κ2) is 7.42. The number of ether oxygens (including phenoxy) is 1. The van der Waals surface area contributed by atoms with Crippen LogP contribution in [-0.4, -0.2) is 26.7 Å². The first kappa shape index (κ1) is 18.7. The number of benzene rings is 1. The molecule has 6 nitrogen and oxygen atoms in total. The van der Waals surface area contributed by atoms with E-state index in [4.69, 9.17) is 4.74 Å². The molecule has 0 atom stereocenters. The predicted octanol–water partition coefficient (Wildman–Crippen LogP) is 4.49. The Labute approximate surface area is 164 Å². The fourth-order valence-electron chi connectivity index (χ4n) is 2.90. The van der Waals surface area contributed by atoms with Crippen molar-refractivity contribution in [2.45, 2.75) is 12.6 Å². The van der Waals surface area contributed by atoms with Gasteiger partial charge >= 0.3 is 6.18 Å². The summed E-state index contributed by atoms with van der Waals surface area (Å²) in [6.07, 6.45) is -2.11. The average molecular weight is 399 g/mol. The number of anilines is 2. The molecular weight excluding hydrogens is 383 g/mol. The molecule has 0 unspecified atom stereocenters. The summed E-state index contributed by atoms with van der Waals surface area (Å²) in [5.74, 6) is 0.822. The van der Waals surface area contributed by atoms with Crippen molar-refractivity contribution >= 4 is 17.3 Å². The van der Waals surface area contributed by atoms with Crippen LogP contribution in [0.25, 0.3) is 5.65 Å². The lowest BCUT2D eigenvalue weighted by molar-refractivity contribution is -0.137. The second-order valence-corrected chi connectivity index (χ2v) is 6.31. The molecule has 0 saturated carbocycles. The zero-order valence-electron chi connectivity index (χ0n) is 15.3. The number of nitrogens with zero attached hydrogens (tertiary/aromatic N) is 4. The molecule has 0 amide bonds. The predicted molar refractivity (Wildman–Crippen MR) is 101 cm³/mol. The van der Waals surface area contributed by atoms with Gasteiger partial charge in [-0.15, -0.1) is 5.10 Å². The Morgan fingerprint density at radius 3 is 2.59 bits per heavy atom. The summed E-state index contributed by atoms with van der Waals surface area (Å²) >= 11 is 0. The van der Waals surface area contributed by atoms with Crippen LogP contribution in [0.1, 0.15) is 16.8 Å². The van der Waals surface area contributed by atoms with Crippen molar-refractivity contribution in [3.63, 3.8) is 0 Å². The Morgan fingerprint density at radius 1 is 1.07 bits per heavy atom. The molecule has 4 aromatic rings. The lowest BCUT2D eigenvalue weighted by atomic mass is 10.1. The maximum absolute atomic E-state index is 12.7. The van der Waals surface area contributed by atoms with Gasteiger partial charge in [-0.3, -0.25) is 0 Å². The van der Waals surface area contributed by atoms with Gasteiger partial charge in [0.05, 0.1) is 12.7 Å². The van der Waals surface area contributed by atoms with Gasteiger partial charge in [0.1, 0.15) is 0 Å². The quantitative estimate of drug-likeness (QED) is 0.536. The second-order valence-electron chi connectivity index (χ2n) is 6.31. The van der Waals surface area contributed by atoms with Gasteiger partial charge in [0.25, 0.3) is 0 Å². The van der Waals surface area contributed by atoms with Gasteiger partial charge in [-0.2, -0.15) is 18.2 Å². The van der Waals surface area contributed by atoms with E-state index in [2.05, 4.69) is 20.4 Å². The van der Waals surface area contributed by atoms with Crippen molar-refractivity contribution in [2.75, 3.05) is 12.4 Å². The standard InChI is InChI=1S/C20H16F3N5O/c1-29-18-12-13(9-10-24-18)11-16-3-2-4-17-26-19(27-28(16)17)25-15-7-5-14(6-8-15)20(21,22)23/h2-10,12H,11H2,1H3,(H,25,27). The van der Waals surface area contributed by atoms with E-state index in [1.54, 1.807) is 17.8 Å². The fourth-order valence-corrected chi connectivity index (χ4v) is 2.90. The van der Waals surface area contributed by atoms with Crippen LogP contribution in [0.4, 0.5) is 24.8 Å². The average Bonchev–Trinajstić information content (AvgIpc) is 3.11. The van der Waals surface area contributed by atoms with Crippen molar-refractivity contribution in [1.82, 2.24) is 19.6 Å². The molecule has 1 N–H and O–H groups in total. The minimum absolute atomic E-state index is 0.296. The number of halogens is 3. The summed E-state index contributed by atoms with van der Waals surface area (Å²) in [5, 5.41) is 7.38. The maximum Gasteiger partial charge on any atom is 0.416 e. The highest BCUT2D eigenvalue weighted by molar-refractivity contribution is 5.56. The van der Waals surface area contributed by atoms with Crippen molar-refractivity contribution < 1.29 is 17.9 Å². The van der Waals surface area contributed by atoms with Crippen LogP contribution in [0.15, 0.2) is 60.8 Å². The first-order valence-electron chi connectivity index (χ1n) is 8.70. The third-order valence-electron chi connectivity index (χ3n) is 4.30. The third-order valence-corrected chi connectivity index (χ3v) is 4.30. The summed E-state index contributed by atoms with van der Waals surface area (Å²) in [5.41, 5.74) is 2.27. The lowest BCUT2D eigenvalue weighted by Gasteiger charge is -2.07. The molecule has 0 aliphatic rings. The molecular formula is C20H16F3N5O. The highest BCUT2D eigenvalue weighted by atomic mass is 19.4. The molecule has 4 rings (SSSR count). The normalized spacial score (nSPS) is 11.6. The number of alkyl halides is 3. The molecule has 0 bridgehead atoms. The van der Waals surface area contributed by atoms with E-state index in [1.165, 1.54) is 12.1 Å².